The van der Waals surface area contributed by atoms with Crippen LogP contribution in [0.2, 0.25) is 0 Å². The molecular formula is C44H75N3O9. The third kappa shape index (κ3) is 18.1. The highest BCUT2D eigenvalue weighted by atomic mass is 16.6. The molecule has 0 aromatic carbocycles. The number of amides is 3. The van der Waals surface area contributed by atoms with E-state index in [1.807, 2.05) is 0 Å². The minimum absolute atomic E-state index is 0.0455. The van der Waals surface area contributed by atoms with Crippen molar-refractivity contribution in [3.8, 4) is 0 Å². The van der Waals surface area contributed by atoms with Gasteiger partial charge in [0.1, 0.15) is 6.61 Å². The second kappa shape index (κ2) is 25.5. The molecule has 2 N–H and O–H groups in total. The van der Waals surface area contributed by atoms with Crippen LogP contribution in [0.15, 0.2) is 0 Å². The van der Waals surface area contributed by atoms with Gasteiger partial charge in [0.15, 0.2) is 0 Å². The molecule has 0 saturated heterocycles. The highest BCUT2D eigenvalue weighted by molar-refractivity contribution is 5.73. The van der Waals surface area contributed by atoms with Gasteiger partial charge in [-0.15, -0.1) is 0 Å². The maximum Gasteiger partial charge on any atom is 0.407 e. The quantitative estimate of drug-likeness (QED) is 0.0685. The molecule has 12 heteroatoms. The van der Waals surface area contributed by atoms with E-state index >= 15 is 0 Å². The topological polar surface area (TPSA) is 150 Å². The fraction of sp³-hybridized carbons (Fsp3) is 0.886. The lowest BCUT2D eigenvalue weighted by molar-refractivity contribution is -0.147. The van der Waals surface area contributed by atoms with Crippen LogP contribution >= 0.6 is 0 Å². The van der Waals surface area contributed by atoms with Crippen molar-refractivity contribution in [2.75, 3.05) is 46.6 Å². The van der Waals surface area contributed by atoms with Crippen LogP contribution in [0, 0.1) is 35.5 Å². The zero-order valence-corrected chi connectivity index (χ0v) is 35.0. The third-order valence-electron chi connectivity index (χ3n) is 13.3. The zero-order chi connectivity index (χ0) is 40.1. The summed E-state index contributed by atoms with van der Waals surface area (Å²) in [6, 6.07) is 0.539. The lowest BCUT2D eigenvalue weighted by Crippen LogP contribution is -2.39. The lowest BCUT2D eigenvalue weighted by Gasteiger charge is -2.34. The van der Waals surface area contributed by atoms with Crippen LogP contribution in [-0.2, 0) is 38.1 Å². The van der Waals surface area contributed by atoms with E-state index in [1.165, 1.54) is 58.3 Å². The first-order valence-electron chi connectivity index (χ1n) is 22.3. The Bertz CT molecular complexity index is 1180. The number of nitrogens with one attached hydrogen (secondary N) is 2. The number of alkyl carbamates (subject to hydrolysis) is 1. The highest BCUT2D eigenvalue weighted by Crippen LogP contribution is 2.40. The molecule has 12 nitrogen and oxygen atoms in total. The zero-order valence-electron chi connectivity index (χ0n) is 35.0. The fourth-order valence-electron chi connectivity index (χ4n) is 9.91. The molecule has 3 amide bonds. The average Bonchev–Trinajstić information content (AvgIpc) is 3.17. The van der Waals surface area contributed by atoms with Crippen molar-refractivity contribution in [3.63, 3.8) is 0 Å². The number of unbranched alkanes of at least 4 members (excludes halogenated alkanes) is 1. The SMILES string of the molecule is COCCN(CCOC(=O)CC1CCC(CC2CCC(CC(=O)OCCCCOC(=O)NC3CCC(CC4CCC(NC(C)=O)CC4)CC3)CC2)CC1)C(C)=O. The molecule has 0 spiro atoms. The molecule has 4 aliphatic rings. The standard InChI is InChI=1S/C44H75N3O9/c1-32(48)45-40-18-14-36(15-19-40)29-37-16-20-41(21-17-37)46-44(52)56-25-5-4-24-54-42(50)30-38-10-6-34(7-11-38)28-35-8-12-39(13-9-35)31-43(51)55-27-23-47(33(2)49)22-26-53-3/h34-41H,4-31H2,1-3H3,(H,45,48)(H,46,52). The normalized spacial score (nSPS) is 28.1. The van der Waals surface area contributed by atoms with Crippen molar-refractivity contribution in [1.82, 2.24) is 15.5 Å². The van der Waals surface area contributed by atoms with Crippen molar-refractivity contribution < 1.29 is 42.9 Å². The molecule has 0 unspecified atom stereocenters. The van der Waals surface area contributed by atoms with Gasteiger partial charge in [0.2, 0.25) is 11.8 Å². The van der Waals surface area contributed by atoms with Gasteiger partial charge in [-0.25, -0.2) is 4.79 Å². The van der Waals surface area contributed by atoms with Crippen molar-refractivity contribution in [2.45, 2.75) is 167 Å². The number of hydrogen-bond acceptors (Lipinski definition) is 9. The van der Waals surface area contributed by atoms with E-state index in [9.17, 15) is 24.0 Å². The highest BCUT2D eigenvalue weighted by Gasteiger charge is 2.30. The van der Waals surface area contributed by atoms with E-state index < -0.39 is 0 Å². The van der Waals surface area contributed by atoms with Crippen LogP contribution in [0.5, 0.6) is 0 Å². The molecule has 0 heterocycles. The van der Waals surface area contributed by atoms with Crippen molar-refractivity contribution >= 4 is 29.8 Å². The summed E-state index contributed by atoms with van der Waals surface area (Å²) in [5.74, 6) is 3.49. The van der Waals surface area contributed by atoms with E-state index in [2.05, 4.69) is 10.6 Å². The fourth-order valence-corrected chi connectivity index (χ4v) is 9.91. The summed E-state index contributed by atoms with van der Waals surface area (Å²) in [6.45, 7) is 5.40. The van der Waals surface area contributed by atoms with E-state index in [1.54, 1.807) is 18.9 Å². The Kier molecular flexibility index (Phi) is 20.8. The number of carbonyl (C=O) groups is 5. The van der Waals surface area contributed by atoms with E-state index in [-0.39, 0.29) is 42.5 Å². The smallest absolute Gasteiger partial charge is 0.407 e. The molecule has 0 aromatic rings. The number of carbonyl (C=O) groups excluding carboxylic acids is 5. The number of methoxy groups -OCH3 is 1. The minimum atomic E-state index is -0.340. The van der Waals surface area contributed by atoms with Gasteiger partial charge in [-0.1, -0.05) is 25.7 Å². The summed E-state index contributed by atoms with van der Waals surface area (Å²) < 4.78 is 21.5. The molecule has 0 atom stereocenters. The predicted molar refractivity (Wildman–Crippen MR) is 214 cm³/mol. The molecule has 4 fully saturated rings. The number of esters is 2. The molecule has 0 aliphatic heterocycles. The summed E-state index contributed by atoms with van der Waals surface area (Å²) in [4.78, 5) is 62.0. The van der Waals surface area contributed by atoms with Crippen LogP contribution in [0.3, 0.4) is 0 Å². The summed E-state index contributed by atoms with van der Waals surface area (Å²) in [6.07, 6.45) is 22.4. The van der Waals surface area contributed by atoms with Gasteiger partial charge in [-0.2, -0.15) is 0 Å². The summed E-state index contributed by atoms with van der Waals surface area (Å²) in [5, 5.41) is 6.13. The summed E-state index contributed by atoms with van der Waals surface area (Å²) in [5.41, 5.74) is 0. The third-order valence-corrected chi connectivity index (χ3v) is 13.3. The Morgan fingerprint density at radius 2 is 0.893 bits per heavy atom. The molecular weight excluding hydrogens is 714 g/mol. The summed E-state index contributed by atoms with van der Waals surface area (Å²) in [7, 11) is 1.60. The Morgan fingerprint density at radius 3 is 1.34 bits per heavy atom. The van der Waals surface area contributed by atoms with Crippen molar-refractivity contribution in [1.29, 1.82) is 0 Å². The second-order valence-electron chi connectivity index (χ2n) is 17.7. The first kappa shape index (κ1) is 45.8. The van der Waals surface area contributed by atoms with Crippen LogP contribution in [0.25, 0.3) is 0 Å². The van der Waals surface area contributed by atoms with Crippen LogP contribution in [0.4, 0.5) is 4.79 Å². The number of nitrogens with zero attached hydrogens (tertiary/aromatic N) is 1. The molecule has 0 bridgehead atoms. The van der Waals surface area contributed by atoms with Gasteiger partial charge in [0.05, 0.1) is 26.4 Å². The lowest BCUT2D eigenvalue weighted by atomic mass is 9.72. The first-order valence-corrected chi connectivity index (χ1v) is 22.3. The monoisotopic (exact) mass is 790 g/mol. The summed E-state index contributed by atoms with van der Waals surface area (Å²) >= 11 is 0. The van der Waals surface area contributed by atoms with E-state index in [4.69, 9.17) is 18.9 Å². The molecule has 0 radical (unpaired) electrons. The predicted octanol–water partition coefficient (Wildman–Crippen LogP) is 7.50. The van der Waals surface area contributed by atoms with Crippen molar-refractivity contribution in [3.05, 3.63) is 0 Å². The van der Waals surface area contributed by atoms with Crippen LogP contribution in [-0.4, -0.2) is 93.5 Å². The molecule has 4 aliphatic carbocycles. The molecule has 320 valence electrons. The van der Waals surface area contributed by atoms with Gasteiger partial charge >= 0.3 is 18.0 Å². The maximum absolute atomic E-state index is 12.5. The van der Waals surface area contributed by atoms with Gasteiger partial charge < -0.3 is 34.5 Å². The molecule has 4 rings (SSSR count). The number of hydrogen-bond donors (Lipinski definition) is 2. The van der Waals surface area contributed by atoms with Crippen LogP contribution < -0.4 is 10.6 Å². The second-order valence-corrected chi connectivity index (χ2v) is 17.7. The van der Waals surface area contributed by atoms with Gasteiger partial charge in [0, 0.05) is 52.4 Å². The van der Waals surface area contributed by atoms with Gasteiger partial charge in [-0.05, 0) is 138 Å². The Labute approximate surface area is 337 Å². The Hall–Kier alpha value is -2.89. The van der Waals surface area contributed by atoms with Crippen LogP contribution in [0.1, 0.15) is 155 Å². The maximum atomic E-state index is 12.5. The van der Waals surface area contributed by atoms with E-state index in [0.717, 1.165) is 87.9 Å². The minimum Gasteiger partial charge on any atom is -0.466 e. The van der Waals surface area contributed by atoms with Gasteiger partial charge in [0.25, 0.3) is 0 Å². The Balaban J connectivity index is 0.938. The number of rotatable bonds is 21. The van der Waals surface area contributed by atoms with E-state index in [0.29, 0.717) is 76.5 Å². The first-order chi connectivity index (χ1) is 27.1. The van der Waals surface area contributed by atoms with Gasteiger partial charge in [-0.3, -0.25) is 19.2 Å². The molecule has 4 saturated carbocycles. The molecule has 56 heavy (non-hydrogen) atoms. The van der Waals surface area contributed by atoms with Crippen molar-refractivity contribution in [2.24, 2.45) is 35.5 Å². The number of ether oxygens (including phenoxy) is 4. The average molecular weight is 790 g/mol. The molecule has 0 aromatic heterocycles. The Morgan fingerprint density at radius 1 is 0.500 bits per heavy atom. The largest absolute Gasteiger partial charge is 0.466 e.